The van der Waals surface area contributed by atoms with Crippen LogP contribution in [-0.2, 0) is 0 Å². The van der Waals surface area contributed by atoms with Crippen LogP contribution in [0, 0.1) is 6.92 Å². The molecule has 2 rings (SSSR count). The lowest BCUT2D eigenvalue weighted by Gasteiger charge is -2.04. The zero-order valence-electron chi connectivity index (χ0n) is 9.31. The SMILES string of the molecule is Cc1cccc(C(=O)Oc2ccc(Br)cc2)c1. The van der Waals surface area contributed by atoms with E-state index in [1.54, 1.807) is 24.3 Å². The molecule has 0 spiro atoms. The fourth-order valence-corrected chi connectivity index (χ4v) is 1.70. The van der Waals surface area contributed by atoms with E-state index in [2.05, 4.69) is 15.9 Å². The van der Waals surface area contributed by atoms with Crippen LogP contribution in [0.15, 0.2) is 53.0 Å². The van der Waals surface area contributed by atoms with Gasteiger partial charge in [0.05, 0.1) is 5.56 Å². The van der Waals surface area contributed by atoms with Crippen molar-refractivity contribution < 1.29 is 9.53 Å². The second kappa shape index (κ2) is 5.15. The van der Waals surface area contributed by atoms with E-state index in [1.807, 2.05) is 31.2 Å². The summed E-state index contributed by atoms with van der Waals surface area (Å²) in [5.74, 6) is 0.204. The number of benzene rings is 2. The maximum Gasteiger partial charge on any atom is 0.343 e. The summed E-state index contributed by atoms with van der Waals surface area (Å²) in [4.78, 5) is 11.8. The molecule has 0 radical (unpaired) electrons. The first kappa shape index (κ1) is 11.9. The Bertz CT molecular complexity index is 532. The fraction of sp³-hybridized carbons (Fsp3) is 0.0714. The third-order valence-corrected chi connectivity index (χ3v) is 2.81. The topological polar surface area (TPSA) is 26.3 Å². The summed E-state index contributed by atoms with van der Waals surface area (Å²) in [6.45, 7) is 1.94. The van der Waals surface area contributed by atoms with Gasteiger partial charge < -0.3 is 4.74 Å². The highest BCUT2D eigenvalue weighted by molar-refractivity contribution is 9.10. The summed E-state index contributed by atoms with van der Waals surface area (Å²) in [5.41, 5.74) is 1.60. The second-order valence-corrected chi connectivity index (χ2v) is 4.63. The molecule has 0 heterocycles. The molecule has 17 heavy (non-hydrogen) atoms. The Balaban J connectivity index is 2.14. The van der Waals surface area contributed by atoms with Crippen molar-refractivity contribution in [1.82, 2.24) is 0 Å². The van der Waals surface area contributed by atoms with Crippen molar-refractivity contribution in [3.05, 3.63) is 64.1 Å². The summed E-state index contributed by atoms with van der Waals surface area (Å²) in [6, 6.07) is 14.5. The zero-order chi connectivity index (χ0) is 12.3. The molecule has 0 saturated carbocycles. The lowest BCUT2D eigenvalue weighted by atomic mass is 10.1. The molecule has 0 atom stereocenters. The molecule has 0 fully saturated rings. The number of halogens is 1. The third-order valence-electron chi connectivity index (χ3n) is 2.28. The van der Waals surface area contributed by atoms with E-state index >= 15 is 0 Å². The first-order valence-electron chi connectivity index (χ1n) is 5.19. The van der Waals surface area contributed by atoms with Crippen LogP contribution in [0.4, 0.5) is 0 Å². The Morgan fingerprint density at radius 2 is 1.82 bits per heavy atom. The van der Waals surface area contributed by atoms with Crippen molar-refractivity contribution in [2.24, 2.45) is 0 Å². The molecule has 0 amide bonds. The lowest BCUT2D eigenvalue weighted by Crippen LogP contribution is -2.08. The fourth-order valence-electron chi connectivity index (χ4n) is 1.44. The number of hydrogen-bond acceptors (Lipinski definition) is 2. The van der Waals surface area contributed by atoms with Crippen LogP contribution in [0.25, 0.3) is 0 Å². The average molecular weight is 291 g/mol. The molecule has 0 aliphatic rings. The van der Waals surface area contributed by atoms with E-state index in [0.717, 1.165) is 10.0 Å². The highest BCUT2D eigenvalue weighted by Crippen LogP contribution is 2.17. The molecule has 2 nitrogen and oxygen atoms in total. The number of esters is 1. The van der Waals surface area contributed by atoms with Gasteiger partial charge in [0, 0.05) is 4.47 Å². The van der Waals surface area contributed by atoms with E-state index in [1.165, 1.54) is 0 Å². The number of ether oxygens (including phenoxy) is 1. The van der Waals surface area contributed by atoms with Crippen molar-refractivity contribution in [3.8, 4) is 5.75 Å². The minimum absolute atomic E-state index is 0.337. The van der Waals surface area contributed by atoms with Crippen molar-refractivity contribution in [2.45, 2.75) is 6.92 Å². The van der Waals surface area contributed by atoms with Gasteiger partial charge in [-0.25, -0.2) is 4.79 Å². The molecule has 0 N–H and O–H groups in total. The number of hydrogen-bond donors (Lipinski definition) is 0. The molecule has 0 unspecified atom stereocenters. The number of carbonyl (C=O) groups excluding carboxylic acids is 1. The molecule has 0 aliphatic carbocycles. The van der Waals surface area contributed by atoms with Gasteiger partial charge in [0.15, 0.2) is 0 Å². The highest BCUT2D eigenvalue weighted by Gasteiger charge is 2.08. The van der Waals surface area contributed by atoms with Gasteiger partial charge in [-0.3, -0.25) is 0 Å². The maximum atomic E-state index is 11.8. The van der Waals surface area contributed by atoms with Crippen LogP contribution < -0.4 is 4.74 Å². The predicted molar refractivity (Wildman–Crippen MR) is 70.3 cm³/mol. The van der Waals surface area contributed by atoms with Gasteiger partial charge in [-0.15, -0.1) is 0 Å². The largest absolute Gasteiger partial charge is 0.423 e. The maximum absolute atomic E-state index is 11.8. The van der Waals surface area contributed by atoms with Crippen LogP contribution in [0.2, 0.25) is 0 Å². The van der Waals surface area contributed by atoms with Gasteiger partial charge in [-0.1, -0.05) is 33.6 Å². The van der Waals surface area contributed by atoms with Crippen LogP contribution >= 0.6 is 15.9 Å². The Morgan fingerprint density at radius 3 is 2.47 bits per heavy atom. The molecule has 3 heteroatoms. The molecule has 2 aromatic rings. The summed E-state index contributed by atoms with van der Waals surface area (Å²) < 4.78 is 6.20. The van der Waals surface area contributed by atoms with E-state index in [4.69, 9.17) is 4.74 Å². The van der Waals surface area contributed by atoms with Crippen LogP contribution in [0.1, 0.15) is 15.9 Å². The minimum atomic E-state index is -0.337. The second-order valence-electron chi connectivity index (χ2n) is 3.71. The minimum Gasteiger partial charge on any atom is -0.423 e. The van der Waals surface area contributed by atoms with Crippen LogP contribution in [-0.4, -0.2) is 5.97 Å². The Hall–Kier alpha value is -1.61. The Labute approximate surface area is 108 Å². The Morgan fingerprint density at radius 1 is 1.12 bits per heavy atom. The van der Waals surface area contributed by atoms with Gasteiger partial charge in [0.2, 0.25) is 0 Å². The molecule has 0 saturated heterocycles. The first-order valence-corrected chi connectivity index (χ1v) is 5.99. The van der Waals surface area contributed by atoms with Crippen LogP contribution in [0.3, 0.4) is 0 Å². The van der Waals surface area contributed by atoms with Crippen molar-refractivity contribution >= 4 is 21.9 Å². The van der Waals surface area contributed by atoms with Crippen molar-refractivity contribution in [2.75, 3.05) is 0 Å². The van der Waals surface area contributed by atoms with E-state index in [-0.39, 0.29) is 5.97 Å². The summed E-state index contributed by atoms with van der Waals surface area (Å²) in [7, 11) is 0. The first-order chi connectivity index (χ1) is 8.15. The predicted octanol–water partition coefficient (Wildman–Crippen LogP) is 3.98. The average Bonchev–Trinajstić information content (AvgIpc) is 2.32. The molecule has 0 bridgehead atoms. The van der Waals surface area contributed by atoms with E-state index < -0.39 is 0 Å². The van der Waals surface area contributed by atoms with Gasteiger partial charge in [0.25, 0.3) is 0 Å². The lowest BCUT2D eigenvalue weighted by molar-refractivity contribution is 0.0734. The smallest absolute Gasteiger partial charge is 0.343 e. The Kier molecular flexibility index (Phi) is 3.59. The van der Waals surface area contributed by atoms with Crippen molar-refractivity contribution in [1.29, 1.82) is 0 Å². The zero-order valence-corrected chi connectivity index (χ0v) is 10.9. The number of rotatable bonds is 2. The van der Waals surface area contributed by atoms with Gasteiger partial charge >= 0.3 is 5.97 Å². The monoisotopic (exact) mass is 290 g/mol. The normalized spacial score (nSPS) is 10.0. The van der Waals surface area contributed by atoms with E-state index in [9.17, 15) is 4.79 Å². The molecule has 86 valence electrons. The summed E-state index contributed by atoms with van der Waals surface area (Å²) in [5, 5.41) is 0. The number of aryl methyl sites for hydroxylation is 1. The summed E-state index contributed by atoms with van der Waals surface area (Å²) in [6.07, 6.45) is 0. The van der Waals surface area contributed by atoms with Crippen molar-refractivity contribution in [3.63, 3.8) is 0 Å². The number of carbonyl (C=O) groups is 1. The van der Waals surface area contributed by atoms with Gasteiger partial charge in [-0.2, -0.15) is 0 Å². The molecular weight excluding hydrogens is 280 g/mol. The standard InChI is InChI=1S/C14H11BrO2/c1-10-3-2-4-11(9-10)14(16)17-13-7-5-12(15)6-8-13/h2-9H,1H3. The van der Waals surface area contributed by atoms with Gasteiger partial charge in [0.1, 0.15) is 5.75 Å². The summed E-state index contributed by atoms with van der Waals surface area (Å²) >= 11 is 3.33. The molecular formula is C14H11BrO2. The quantitative estimate of drug-likeness (QED) is 0.618. The van der Waals surface area contributed by atoms with Gasteiger partial charge in [-0.05, 0) is 43.3 Å². The molecule has 0 aromatic heterocycles. The van der Waals surface area contributed by atoms with E-state index in [0.29, 0.717) is 11.3 Å². The highest BCUT2D eigenvalue weighted by atomic mass is 79.9. The third kappa shape index (κ3) is 3.17. The van der Waals surface area contributed by atoms with Crippen LogP contribution in [0.5, 0.6) is 5.75 Å². The molecule has 2 aromatic carbocycles. The molecule has 0 aliphatic heterocycles.